The average molecular weight is 356 g/mol. The Labute approximate surface area is 151 Å². The van der Waals surface area contributed by atoms with E-state index in [1.54, 1.807) is 7.11 Å². The molecule has 0 fully saturated rings. The molecular weight excluding hydrogens is 332 g/mol. The van der Waals surface area contributed by atoms with E-state index in [9.17, 15) is 4.21 Å². The van der Waals surface area contributed by atoms with Crippen LogP contribution in [0.2, 0.25) is 0 Å². The quantitative estimate of drug-likeness (QED) is 0.676. The van der Waals surface area contributed by atoms with Gasteiger partial charge in [0.2, 0.25) is 0 Å². The van der Waals surface area contributed by atoms with Crippen molar-refractivity contribution in [3.05, 3.63) is 48.5 Å². The first-order chi connectivity index (χ1) is 12.0. The lowest BCUT2D eigenvalue weighted by molar-refractivity contribution is 0.415. The molecule has 1 aromatic heterocycles. The maximum absolute atomic E-state index is 11.6. The number of benzene rings is 2. The van der Waals surface area contributed by atoms with Crippen LogP contribution in [0.5, 0.6) is 5.75 Å². The fraction of sp³-hybridized carbons (Fsp3) is 0.300. The summed E-state index contributed by atoms with van der Waals surface area (Å²) in [5, 5.41) is 1.19. The minimum absolute atomic E-state index is 0.324. The van der Waals surface area contributed by atoms with Crippen molar-refractivity contribution >= 4 is 27.6 Å². The van der Waals surface area contributed by atoms with Gasteiger partial charge in [-0.25, -0.2) is 4.21 Å². The molecule has 4 nitrogen and oxygen atoms in total. The van der Waals surface area contributed by atoms with Gasteiger partial charge in [-0.2, -0.15) is 0 Å². The van der Waals surface area contributed by atoms with Gasteiger partial charge in [-0.05, 0) is 49.7 Å². The Kier molecular flexibility index (Phi) is 5.13. The summed E-state index contributed by atoms with van der Waals surface area (Å²) >= 11 is 0. The van der Waals surface area contributed by atoms with Crippen LogP contribution in [-0.2, 0) is 11.0 Å². The molecule has 1 unspecified atom stereocenters. The molecular formula is C20H24N2O2S. The third-order valence-corrected chi connectivity index (χ3v) is 5.23. The Morgan fingerprint density at radius 3 is 2.44 bits per heavy atom. The van der Waals surface area contributed by atoms with E-state index >= 15 is 0 Å². The van der Waals surface area contributed by atoms with E-state index in [1.165, 1.54) is 16.6 Å². The van der Waals surface area contributed by atoms with Crippen molar-refractivity contribution in [2.75, 3.05) is 17.6 Å². The van der Waals surface area contributed by atoms with Gasteiger partial charge in [0.15, 0.2) is 0 Å². The summed E-state index contributed by atoms with van der Waals surface area (Å²) in [5.41, 5.74) is 4.34. The monoisotopic (exact) mass is 356 g/mol. The lowest BCUT2D eigenvalue weighted by Crippen LogP contribution is -2.06. The van der Waals surface area contributed by atoms with Crippen LogP contribution in [0.25, 0.3) is 22.2 Å². The molecule has 0 amide bonds. The molecule has 0 spiro atoms. The molecule has 3 rings (SSSR count). The van der Waals surface area contributed by atoms with Gasteiger partial charge in [-0.3, -0.25) is 0 Å². The molecule has 132 valence electrons. The largest absolute Gasteiger partial charge is 0.497 e. The second-order valence-electron chi connectivity index (χ2n) is 6.23. The Bertz CT molecular complexity index is 898. The van der Waals surface area contributed by atoms with Crippen LogP contribution in [-0.4, -0.2) is 21.6 Å². The van der Waals surface area contributed by atoms with Crippen molar-refractivity contribution in [3.8, 4) is 17.0 Å². The molecule has 0 aliphatic carbocycles. The number of fused-ring (bicyclic) bond motifs is 1. The highest BCUT2D eigenvalue weighted by Gasteiger charge is 2.14. The molecule has 1 N–H and O–H groups in total. The number of nitrogens with zero attached hydrogens (tertiary/aromatic N) is 1. The van der Waals surface area contributed by atoms with Crippen molar-refractivity contribution in [3.63, 3.8) is 0 Å². The summed E-state index contributed by atoms with van der Waals surface area (Å²) < 4.78 is 22.3. The zero-order valence-electron chi connectivity index (χ0n) is 15.1. The molecule has 1 heterocycles. The summed E-state index contributed by atoms with van der Waals surface area (Å²) in [4.78, 5) is 0. The van der Waals surface area contributed by atoms with Crippen molar-refractivity contribution < 1.29 is 8.95 Å². The summed E-state index contributed by atoms with van der Waals surface area (Å²) in [7, 11) is 0.665. The van der Waals surface area contributed by atoms with E-state index in [-0.39, 0.29) is 0 Å². The smallest absolute Gasteiger partial charge is 0.120 e. The number of anilines is 1. The lowest BCUT2D eigenvalue weighted by atomic mass is 10.1. The Morgan fingerprint density at radius 2 is 1.84 bits per heavy atom. The van der Waals surface area contributed by atoms with E-state index in [4.69, 9.17) is 4.74 Å². The fourth-order valence-electron chi connectivity index (χ4n) is 3.02. The summed E-state index contributed by atoms with van der Waals surface area (Å²) in [6, 6.07) is 16.8. The van der Waals surface area contributed by atoms with Crippen LogP contribution in [0.3, 0.4) is 0 Å². The van der Waals surface area contributed by atoms with Crippen LogP contribution >= 0.6 is 0 Å². The van der Waals surface area contributed by atoms with Crippen molar-refractivity contribution in [1.82, 2.24) is 4.57 Å². The zero-order valence-corrected chi connectivity index (χ0v) is 15.9. The van der Waals surface area contributed by atoms with Crippen molar-refractivity contribution in [2.45, 2.75) is 26.8 Å². The maximum Gasteiger partial charge on any atom is 0.120 e. The third kappa shape index (κ3) is 3.56. The molecule has 0 saturated carbocycles. The highest BCUT2D eigenvalue weighted by atomic mass is 32.2. The molecule has 0 radical (unpaired) electrons. The van der Waals surface area contributed by atoms with Crippen LogP contribution in [0.15, 0.2) is 48.5 Å². The lowest BCUT2D eigenvalue weighted by Gasteiger charge is -2.15. The normalized spacial score (nSPS) is 12.5. The molecule has 0 aliphatic heterocycles. The van der Waals surface area contributed by atoms with E-state index in [1.807, 2.05) is 25.1 Å². The molecule has 25 heavy (non-hydrogen) atoms. The first-order valence-electron chi connectivity index (χ1n) is 8.48. The standard InChI is InChI=1S/C20H24N2O2S/c1-5-25(23)21-17-9-6-15(7-10-17)19-12-16-8-11-18(24-4)13-20(16)22(19)14(2)3/h6-14,21H,5H2,1-4H3. The number of ether oxygens (including phenoxy) is 1. The van der Waals surface area contributed by atoms with Gasteiger partial charge in [0.1, 0.15) is 16.7 Å². The molecule has 2 aromatic carbocycles. The second kappa shape index (κ2) is 7.31. The number of methoxy groups -OCH3 is 1. The van der Waals surface area contributed by atoms with Gasteiger partial charge >= 0.3 is 0 Å². The predicted octanol–water partition coefficient (Wildman–Crippen LogP) is 4.99. The molecule has 0 bridgehead atoms. The average Bonchev–Trinajstić information content (AvgIpc) is 3.00. The van der Waals surface area contributed by atoms with Gasteiger partial charge in [0.05, 0.1) is 12.6 Å². The van der Waals surface area contributed by atoms with E-state index in [2.05, 4.69) is 53.5 Å². The summed E-state index contributed by atoms with van der Waals surface area (Å²) in [6.45, 7) is 6.26. The first-order valence-corrected chi connectivity index (χ1v) is 9.79. The van der Waals surface area contributed by atoms with Crippen LogP contribution in [0.4, 0.5) is 5.69 Å². The minimum Gasteiger partial charge on any atom is -0.497 e. The van der Waals surface area contributed by atoms with E-state index in [0.29, 0.717) is 11.8 Å². The molecule has 3 aromatic rings. The molecule has 1 atom stereocenters. The molecule has 0 saturated heterocycles. The highest BCUT2D eigenvalue weighted by Crippen LogP contribution is 2.33. The van der Waals surface area contributed by atoms with Crippen molar-refractivity contribution in [1.29, 1.82) is 0 Å². The van der Waals surface area contributed by atoms with Crippen molar-refractivity contribution in [2.24, 2.45) is 0 Å². The second-order valence-corrected chi connectivity index (χ2v) is 7.70. The van der Waals surface area contributed by atoms with Gasteiger partial charge in [0, 0.05) is 34.6 Å². The first kappa shape index (κ1) is 17.5. The number of nitrogens with one attached hydrogen (secondary N) is 1. The van der Waals surface area contributed by atoms with Gasteiger partial charge in [-0.1, -0.05) is 19.1 Å². The zero-order chi connectivity index (χ0) is 18.0. The highest BCUT2D eigenvalue weighted by molar-refractivity contribution is 7.86. The van der Waals surface area contributed by atoms with Crippen LogP contribution in [0.1, 0.15) is 26.8 Å². The number of rotatable bonds is 6. The Morgan fingerprint density at radius 1 is 1.12 bits per heavy atom. The van der Waals surface area contributed by atoms with E-state index in [0.717, 1.165) is 17.0 Å². The number of hydrogen-bond acceptors (Lipinski definition) is 2. The molecule has 5 heteroatoms. The maximum atomic E-state index is 11.6. The number of hydrogen-bond donors (Lipinski definition) is 1. The van der Waals surface area contributed by atoms with Gasteiger partial charge < -0.3 is 14.0 Å². The van der Waals surface area contributed by atoms with Gasteiger partial charge in [-0.15, -0.1) is 0 Å². The summed E-state index contributed by atoms with van der Waals surface area (Å²) in [6.07, 6.45) is 0. The Hall–Kier alpha value is -2.27. The van der Waals surface area contributed by atoms with Crippen LogP contribution in [0, 0.1) is 0 Å². The third-order valence-electron chi connectivity index (χ3n) is 4.24. The van der Waals surface area contributed by atoms with E-state index < -0.39 is 11.0 Å². The molecule has 0 aliphatic rings. The predicted molar refractivity (Wildman–Crippen MR) is 107 cm³/mol. The van der Waals surface area contributed by atoms with Gasteiger partial charge in [0.25, 0.3) is 0 Å². The topological polar surface area (TPSA) is 43.3 Å². The summed E-state index contributed by atoms with van der Waals surface area (Å²) in [5.74, 6) is 1.45. The van der Waals surface area contributed by atoms with Crippen LogP contribution < -0.4 is 9.46 Å². The Balaban J connectivity index is 2.05. The minimum atomic E-state index is -1.03. The SMILES string of the molecule is CCS(=O)Nc1ccc(-c2cc3ccc(OC)cc3n2C(C)C)cc1. The number of aromatic nitrogens is 1. The fourth-order valence-corrected chi connectivity index (χ4v) is 3.56.